The van der Waals surface area contributed by atoms with E-state index >= 15 is 0 Å². The fourth-order valence-corrected chi connectivity index (χ4v) is 2.27. The normalized spacial score (nSPS) is 10.2. The monoisotopic (exact) mass is 402 g/mol. The highest BCUT2D eigenvalue weighted by atomic mass is 127. The minimum Gasteiger partial charge on any atom is -0.478 e. The van der Waals surface area contributed by atoms with Crippen LogP contribution in [0.1, 0.15) is 10.4 Å². The van der Waals surface area contributed by atoms with Gasteiger partial charge in [0, 0.05) is 21.4 Å². The second-order valence-corrected chi connectivity index (χ2v) is 5.21. The van der Waals surface area contributed by atoms with Gasteiger partial charge in [0.15, 0.2) is 0 Å². The van der Waals surface area contributed by atoms with E-state index in [0.717, 1.165) is 12.1 Å². The third kappa shape index (κ3) is 3.45. The Hall–Kier alpha value is -2.23. The minimum absolute atomic E-state index is 0.0441. The third-order valence-corrected chi connectivity index (χ3v) is 3.53. The maximum atomic E-state index is 13.6. The number of hydrogen-bond acceptors (Lipinski definition) is 4. The van der Waals surface area contributed by atoms with Crippen molar-refractivity contribution in [2.24, 2.45) is 0 Å². The van der Waals surface area contributed by atoms with Crippen molar-refractivity contribution in [2.45, 2.75) is 0 Å². The minimum atomic E-state index is -1.34. The van der Waals surface area contributed by atoms with Gasteiger partial charge in [-0.25, -0.2) is 9.18 Å². The molecule has 0 aromatic heterocycles. The highest BCUT2D eigenvalue weighted by Crippen LogP contribution is 2.27. The van der Waals surface area contributed by atoms with E-state index in [0.29, 0.717) is 14.9 Å². The zero-order valence-corrected chi connectivity index (χ0v) is 12.5. The number of aromatic carboxylic acids is 1. The summed E-state index contributed by atoms with van der Waals surface area (Å²) in [6, 6.07) is 7.84. The molecule has 2 aromatic rings. The molecule has 2 rings (SSSR count). The summed E-state index contributed by atoms with van der Waals surface area (Å²) >= 11 is 1.92. The maximum absolute atomic E-state index is 13.6. The second kappa shape index (κ2) is 6.04. The van der Waals surface area contributed by atoms with Crippen LogP contribution in [0.3, 0.4) is 0 Å². The first-order chi connectivity index (χ1) is 9.88. The molecule has 2 N–H and O–H groups in total. The molecular formula is C13H8FIN2O4. The first-order valence-corrected chi connectivity index (χ1v) is 6.70. The van der Waals surface area contributed by atoms with E-state index < -0.39 is 22.3 Å². The average molecular weight is 402 g/mol. The highest BCUT2D eigenvalue weighted by molar-refractivity contribution is 14.1. The van der Waals surface area contributed by atoms with Gasteiger partial charge < -0.3 is 10.4 Å². The number of carboxylic acids is 1. The van der Waals surface area contributed by atoms with Crippen molar-refractivity contribution in [3.8, 4) is 0 Å². The molecule has 0 spiro atoms. The number of rotatable bonds is 4. The van der Waals surface area contributed by atoms with Crippen molar-refractivity contribution in [3.63, 3.8) is 0 Å². The van der Waals surface area contributed by atoms with Crippen LogP contribution in [-0.4, -0.2) is 16.0 Å². The number of benzene rings is 2. The van der Waals surface area contributed by atoms with Crippen molar-refractivity contribution < 1.29 is 19.2 Å². The molecule has 0 atom stereocenters. The average Bonchev–Trinajstić information content (AvgIpc) is 2.40. The van der Waals surface area contributed by atoms with E-state index in [1.54, 1.807) is 0 Å². The van der Waals surface area contributed by atoms with Gasteiger partial charge >= 0.3 is 5.97 Å². The molecule has 2 aromatic carbocycles. The van der Waals surface area contributed by atoms with Gasteiger partial charge in [-0.05, 0) is 46.9 Å². The van der Waals surface area contributed by atoms with E-state index in [9.17, 15) is 19.3 Å². The van der Waals surface area contributed by atoms with Crippen molar-refractivity contribution >= 4 is 45.6 Å². The molecule has 21 heavy (non-hydrogen) atoms. The Kier molecular flexibility index (Phi) is 4.36. The lowest BCUT2D eigenvalue weighted by Crippen LogP contribution is -2.02. The van der Waals surface area contributed by atoms with Crippen LogP contribution in [0.25, 0.3) is 0 Å². The van der Waals surface area contributed by atoms with Crippen molar-refractivity contribution in [2.75, 3.05) is 5.32 Å². The van der Waals surface area contributed by atoms with Gasteiger partial charge in [-0.1, -0.05) is 0 Å². The molecule has 0 aliphatic rings. The summed E-state index contributed by atoms with van der Waals surface area (Å²) in [5.74, 6) is -2.20. The predicted octanol–water partition coefficient (Wildman–Crippen LogP) is 3.78. The van der Waals surface area contributed by atoms with E-state index in [4.69, 9.17) is 5.11 Å². The third-order valence-electron chi connectivity index (χ3n) is 2.64. The molecule has 0 bridgehead atoms. The molecule has 0 aliphatic heterocycles. The number of carbonyl (C=O) groups is 1. The van der Waals surface area contributed by atoms with Gasteiger partial charge in [0.25, 0.3) is 5.69 Å². The zero-order valence-electron chi connectivity index (χ0n) is 10.3. The zero-order chi connectivity index (χ0) is 15.6. The summed E-state index contributed by atoms with van der Waals surface area (Å²) in [5.41, 5.74) is 0.448. The summed E-state index contributed by atoms with van der Waals surface area (Å²) < 4.78 is 14.1. The van der Waals surface area contributed by atoms with Crippen LogP contribution in [0.5, 0.6) is 0 Å². The Morgan fingerprint density at radius 3 is 2.52 bits per heavy atom. The van der Waals surface area contributed by atoms with Crippen molar-refractivity contribution in [3.05, 3.63) is 61.5 Å². The Labute approximate surface area is 131 Å². The number of halogens is 2. The van der Waals surface area contributed by atoms with Gasteiger partial charge in [-0.2, -0.15) is 0 Å². The van der Waals surface area contributed by atoms with E-state index in [1.165, 1.54) is 24.3 Å². The van der Waals surface area contributed by atoms with Gasteiger partial charge in [0.05, 0.1) is 16.2 Å². The molecule has 0 saturated carbocycles. The van der Waals surface area contributed by atoms with E-state index in [-0.39, 0.29) is 5.69 Å². The summed E-state index contributed by atoms with van der Waals surface area (Å²) in [7, 11) is 0. The Bertz CT molecular complexity index is 736. The van der Waals surface area contributed by atoms with Gasteiger partial charge in [-0.3, -0.25) is 10.1 Å². The lowest BCUT2D eigenvalue weighted by molar-refractivity contribution is -0.384. The summed E-state index contributed by atoms with van der Waals surface area (Å²) in [5, 5.41) is 22.3. The van der Waals surface area contributed by atoms with Gasteiger partial charge in [-0.15, -0.1) is 0 Å². The SMILES string of the molecule is O=C(O)c1ccc(Nc2ccc([N+](=O)[O-])cc2I)cc1F. The summed E-state index contributed by atoms with van der Waals surface area (Å²) in [6.45, 7) is 0. The molecular weight excluding hydrogens is 394 g/mol. The lowest BCUT2D eigenvalue weighted by Gasteiger charge is -2.09. The van der Waals surface area contributed by atoms with Crippen LogP contribution in [0, 0.1) is 19.5 Å². The number of nitro groups is 1. The maximum Gasteiger partial charge on any atom is 0.338 e. The smallest absolute Gasteiger partial charge is 0.338 e. The highest BCUT2D eigenvalue weighted by Gasteiger charge is 2.12. The molecule has 6 nitrogen and oxygen atoms in total. The quantitative estimate of drug-likeness (QED) is 0.462. The number of anilines is 2. The lowest BCUT2D eigenvalue weighted by atomic mass is 10.2. The van der Waals surface area contributed by atoms with Crippen molar-refractivity contribution in [1.29, 1.82) is 0 Å². The number of non-ortho nitro benzene ring substituents is 1. The summed E-state index contributed by atoms with van der Waals surface area (Å²) in [6.07, 6.45) is 0. The molecule has 0 amide bonds. The van der Waals surface area contributed by atoms with Crippen LogP contribution in [0.2, 0.25) is 0 Å². The molecule has 0 radical (unpaired) electrons. The Morgan fingerprint density at radius 2 is 2.00 bits per heavy atom. The topological polar surface area (TPSA) is 92.5 Å². The number of hydrogen-bond donors (Lipinski definition) is 2. The number of carboxylic acid groups (broad SMARTS) is 1. The molecule has 8 heteroatoms. The van der Waals surface area contributed by atoms with Crippen molar-refractivity contribution in [1.82, 2.24) is 0 Å². The Balaban J connectivity index is 2.28. The molecule has 0 aliphatic carbocycles. The van der Waals surface area contributed by atoms with Gasteiger partial charge in [0.2, 0.25) is 0 Å². The summed E-state index contributed by atoms with van der Waals surface area (Å²) in [4.78, 5) is 20.9. The first kappa shape index (κ1) is 15.2. The van der Waals surface area contributed by atoms with Crippen LogP contribution in [0.4, 0.5) is 21.5 Å². The largest absolute Gasteiger partial charge is 0.478 e. The van der Waals surface area contributed by atoms with Crippen LogP contribution in [0.15, 0.2) is 36.4 Å². The standard InChI is InChI=1S/C13H8FIN2O4/c14-10-5-7(1-3-9(10)13(18)19)16-12-4-2-8(17(20)21)6-11(12)15/h1-6,16H,(H,18,19). The number of nitro benzene ring substituents is 1. The van der Waals surface area contributed by atoms with Crippen LogP contribution in [-0.2, 0) is 0 Å². The molecule has 0 heterocycles. The predicted molar refractivity (Wildman–Crippen MR) is 82.5 cm³/mol. The molecule has 0 fully saturated rings. The fourth-order valence-electron chi connectivity index (χ4n) is 1.64. The van der Waals surface area contributed by atoms with Crippen LogP contribution >= 0.6 is 22.6 Å². The number of nitrogens with zero attached hydrogens (tertiary/aromatic N) is 1. The van der Waals surface area contributed by atoms with E-state index in [1.807, 2.05) is 22.6 Å². The molecule has 108 valence electrons. The number of nitrogens with one attached hydrogen (secondary N) is 1. The van der Waals surface area contributed by atoms with Crippen LogP contribution < -0.4 is 5.32 Å². The van der Waals surface area contributed by atoms with Gasteiger partial charge in [0.1, 0.15) is 5.82 Å². The Morgan fingerprint density at radius 1 is 1.29 bits per heavy atom. The molecule has 0 unspecified atom stereocenters. The van der Waals surface area contributed by atoms with E-state index in [2.05, 4.69) is 5.32 Å². The second-order valence-electron chi connectivity index (χ2n) is 4.05. The first-order valence-electron chi connectivity index (χ1n) is 5.62. The molecule has 0 saturated heterocycles. The fraction of sp³-hybridized carbons (Fsp3) is 0.